The second-order valence-electron chi connectivity index (χ2n) is 7.01. The summed E-state index contributed by atoms with van der Waals surface area (Å²) in [7, 11) is -3.57. The molecule has 3 aromatic rings. The number of rotatable bonds is 8. The molecule has 0 spiro atoms. The first-order chi connectivity index (χ1) is 14.7. The number of sulfone groups is 1. The Hall–Kier alpha value is -2.85. The summed E-state index contributed by atoms with van der Waals surface area (Å²) in [6.07, 6.45) is 0. The van der Waals surface area contributed by atoms with Gasteiger partial charge >= 0.3 is 0 Å². The first kappa shape index (κ1) is 22.8. The molecular formula is C21H24N4O4S2. The van der Waals surface area contributed by atoms with Gasteiger partial charge in [-0.15, -0.1) is 10.2 Å². The van der Waals surface area contributed by atoms with Gasteiger partial charge in [-0.1, -0.05) is 35.5 Å². The Labute approximate surface area is 185 Å². The van der Waals surface area contributed by atoms with Crippen LogP contribution in [0.1, 0.15) is 25.2 Å². The van der Waals surface area contributed by atoms with Gasteiger partial charge in [-0.2, -0.15) is 0 Å². The minimum atomic E-state index is -3.57. The summed E-state index contributed by atoms with van der Waals surface area (Å²) in [4.78, 5) is 12.7. The summed E-state index contributed by atoms with van der Waals surface area (Å²) in [6.45, 7) is 5.95. The normalized spacial score (nSPS) is 12.5. The minimum Gasteiger partial charge on any atom is -0.508 e. The Morgan fingerprint density at radius 3 is 2.55 bits per heavy atom. The number of phenolic OH excluding ortho intramolecular Hbond substituents is 1. The second-order valence-corrected chi connectivity index (χ2v) is 10.3. The maximum absolute atomic E-state index is 12.8. The Kier molecular flexibility index (Phi) is 7.01. The third kappa shape index (κ3) is 5.65. The molecule has 0 aliphatic heterocycles. The molecule has 0 saturated carbocycles. The second kappa shape index (κ2) is 9.52. The average molecular weight is 461 g/mol. The number of carbonyl (C=O) groups is 1. The van der Waals surface area contributed by atoms with Crippen molar-refractivity contribution in [3.63, 3.8) is 0 Å². The fourth-order valence-corrected chi connectivity index (χ4v) is 5.07. The molecule has 10 heteroatoms. The van der Waals surface area contributed by atoms with E-state index in [1.54, 1.807) is 47.9 Å². The third-order valence-electron chi connectivity index (χ3n) is 4.57. The number of phenols is 1. The van der Waals surface area contributed by atoms with E-state index in [4.69, 9.17) is 0 Å². The van der Waals surface area contributed by atoms with Gasteiger partial charge in [0.05, 0.1) is 10.1 Å². The molecule has 1 atom stereocenters. The molecule has 164 valence electrons. The van der Waals surface area contributed by atoms with Gasteiger partial charge in [-0.25, -0.2) is 8.42 Å². The maximum Gasteiger partial charge on any atom is 0.237 e. The molecule has 1 amide bonds. The first-order valence-electron chi connectivity index (χ1n) is 9.67. The zero-order valence-electron chi connectivity index (χ0n) is 17.4. The number of anilines is 1. The number of nitrogens with one attached hydrogen (secondary N) is 1. The molecule has 0 saturated heterocycles. The van der Waals surface area contributed by atoms with Crippen molar-refractivity contribution in [1.29, 1.82) is 0 Å². The van der Waals surface area contributed by atoms with Crippen LogP contribution < -0.4 is 5.32 Å². The predicted molar refractivity (Wildman–Crippen MR) is 120 cm³/mol. The minimum absolute atomic E-state index is 0.0586. The van der Waals surface area contributed by atoms with Crippen molar-refractivity contribution >= 4 is 33.2 Å². The van der Waals surface area contributed by atoms with Gasteiger partial charge in [0.15, 0.2) is 15.0 Å². The van der Waals surface area contributed by atoms with Gasteiger partial charge < -0.3 is 15.0 Å². The van der Waals surface area contributed by atoms with E-state index in [-0.39, 0.29) is 22.3 Å². The highest BCUT2D eigenvalue weighted by atomic mass is 32.2. The van der Waals surface area contributed by atoms with E-state index in [0.29, 0.717) is 23.2 Å². The van der Waals surface area contributed by atoms with E-state index in [9.17, 15) is 18.3 Å². The average Bonchev–Trinajstić information content (AvgIpc) is 3.08. The van der Waals surface area contributed by atoms with E-state index >= 15 is 0 Å². The summed E-state index contributed by atoms with van der Waals surface area (Å²) in [5, 5.41) is 20.4. The lowest BCUT2D eigenvalue weighted by atomic mass is 10.2. The fourth-order valence-electron chi connectivity index (χ4n) is 2.87. The number of aromatic nitrogens is 3. The lowest BCUT2D eigenvalue weighted by Crippen LogP contribution is -2.23. The van der Waals surface area contributed by atoms with Gasteiger partial charge in [0.2, 0.25) is 5.91 Å². The lowest BCUT2D eigenvalue weighted by Gasteiger charge is -2.13. The summed E-state index contributed by atoms with van der Waals surface area (Å²) >= 11 is 1.19. The van der Waals surface area contributed by atoms with Crippen LogP contribution in [0, 0.1) is 6.92 Å². The molecule has 1 aromatic heterocycles. The third-order valence-corrected chi connectivity index (χ3v) is 7.28. The van der Waals surface area contributed by atoms with E-state index in [1.165, 1.54) is 23.9 Å². The van der Waals surface area contributed by atoms with Crippen LogP contribution in [0.2, 0.25) is 0 Å². The molecule has 3 rings (SSSR count). The number of carbonyl (C=O) groups excluding carboxylic acids is 1. The molecule has 0 aliphatic carbocycles. The van der Waals surface area contributed by atoms with E-state index in [0.717, 1.165) is 5.56 Å². The predicted octanol–water partition coefficient (Wildman–Crippen LogP) is 3.41. The molecule has 0 aliphatic rings. The van der Waals surface area contributed by atoms with E-state index < -0.39 is 15.1 Å². The van der Waals surface area contributed by atoms with E-state index in [2.05, 4.69) is 15.5 Å². The van der Waals surface area contributed by atoms with Crippen LogP contribution in [-0.4, -0.2) is 39.4 Å². The van der Waals surface area contributed by atoms with Crippen molar-refractivity contribution in [2.24, 2.45) is 0 Å². The van der Waals surface area contributed by atoms with Gasteiger partial charge in [0.1, 0.15) is 17.3 Å². The largest absolute Gasteiger partial charge is 0.508 e. The van der Waals surface area contributed by atoms with Crippen LogP contribution in [-0.2, 0) is 26.9 Å². The summed E-state index contributed by atoms with van der Waals surface area (Å²) in [6, 6.07) is 13.0. The van der Waals surface area contributed by atoms with E-state index in [1.807, 2.05) is 13.8 Å². The lowest BCUT2D eigenvalue weighted by molar-refractivity contribution is -0.115. The van der Waals surface area contributed by atoms with Crippen molar-refractivity contribution < 1.29 is 18.3 Å². The highest BCUT2D eigenvalue weighted by molar-refractivity contribution is 8.00. The first-order valence-corrected chi connectivity index (χ1v) is 12.2. The topological polar surface area (TPSA) is 114 Å². The standard InChI is InChI=1S/C21H24N4O4S2/c1-4-25-19(13-31(28,29)18-10-8-14(2)9-11-18)23-24-21(25)30-15(3)20(27)22-16-6-5-7-17(26)12-16/h5-12,15,26H,4,13H2,1-3H3,(H,22,27). The SMILES string of the molecule is CCn1c(CS(=O)(=O)c2ccc(C)cc2)nnc1SC(C)C(=O)Nc1cccc(O)c1. The highest BCUT2D eigenvalue weighted by Crippen LogP contribution is 2.26. The van der Waals surface area contributed by atoms with Gasteiger partial charge in [-0.05, 0) is 45.0 Å². The molecule has 0 fully saturated rings. The molecule has 0 bridgehead atoms. The van der Waals surface area contributed by atoms with Gasteiger partial charge in [0.25, 0.3) is 0 Å². The Bertz CT molecular complexity index is 1170. The smallest absolute Gasteiger partial charge is 0.237 e. The van der Waals surface area contributed by atoms with Crippen molar-refractivity contribution in [3.8, 4) is 5.75 Å². The highest BCUT2D eigenvalue weighted by Gasteiger charge is 2.23. The fraction of sp³-hybridized carbons (Fsp3) is 0.286. The number of nitrogens with zero attached hydrogens (tertiary/aromatic N) is 3. The van der Waals surface area contributed by atoms with Gasteiger partial charge in [0, 0.05) is 18.3 Å². The molecule has 8 nitrogen and oxygen atoms in total. The maximum atomic E-state index is 12.8. The summed E-state index contributed by atoms with van der Waals surface area (Å²) in [5.74, 6) is -0.161. The molecule has 2 N–H and O–H groups in total. The number of aryl methyl sites for hydroxylation is 1. The molecule has 1 heterocycles. The number of hydrogen-bond acceptors (Lipinski definition) is 7. The monoisotopic (exact) mass is 460 g/mol. The zero-order valence-corrected chi connectivity index (χ0v) is 19.1. The summed E-state index contributed by atoms with van der Waals surface area (Å²) < 4.78 is 27.3. The van der Waals surface area contributed by atoms with Crippen molar-refractivity contribution in [2.75, 3.05) is 5.32 Å². The van der Waals surface area contributed by atoms with Crippen molar-refractivity contribution in [3.05, 3.63) is 59.9 Å². The number of aromatic hydroxyl groups is 1. The van der Waals surface area contributed by atoms with Crippen LogP contribution >= 0.6 is 11.8 Å². The number of amides is 1. The summed E-state index contributed by atoms with van der Waals surface area (Å²) in [5.41, 5.74) is 1.46. The van der Waals surface area contributed by atoms with Crippen LogP contribution in [0.4, 0.5) is 5.69 Å². The molecule has 31 heavy (non-hydrogen) atoms. The Morgan fingerprint density at radius 1 is 1.19 bits per heavy atom. The number of benzene rings is 2. The van der Waals surface area contributed by atoms with Crippen LogP contribution in [0.15, 0.2) is 58.6 Å². The zero-order chi connectivity index (χ0) is 22.6. The quantitative estimate of drug-likeness (QED) is 0.495. The van der Waals surface area contributed by atoms with Crippen LogP contribution in [0.3, 0.4) is 0 Å². The van der Waals surface area contributed by atoms with Crippen molar-refractivity contribution in [1.82, 2.24) is 14.8 Å². The molecule has 1 unspecified atom stereocenters. The van der Waals surface area contributed by atoms with Gasteiger partial charge in [-0.3, -0.25) is 4.79 Å². The van der Waals surface area contributed by atoms with Crippen LogP contribution in [0.25, 0.3) is 0 Å². The number of hydrogen-bond donors (Lipinski definition) is 2. The molecular weight excluding hydrogens is 436 g/mol. The number of thioether (sulfide) groups is 1. The molecule has 0 radical (unpaired) electrons. The Morgan fingerprint density at radius 2 is 1.90 bits per heavy atom. The Balaban J connectivity index is 1.73. The van der Waals surface area contributed by atoms with Crippen molar-refractivity contribution in [2.45, 2.75) is 48.4 Å². The molecule has 2 aromatic carbocycles. The van der Waals surface area contributed by atoms with Crippen LogP contribution in [0.5, 0.6) is 5.75 Å².